The van der Waals surface area contributed by atoms with E-state index in [2.05, 4.69) is 5.32 Å². The average molecular weight is 502 g/mol. The van der Waals surface area contributed by atoms with Gasteiger partial charge in [-0.05, 0) is 55.0 Å². The highest BCUT2D eigenvalue weighted by Crippen LogP contribution is 2.31. The van der Waals surface area contributed by atoms with E-state index < -0.39 is 5.91 Å². The van der Waals surface area contributed by atoms with Crippen molar-refractivity contribution in [2.75, 3.05) is 11.9 Å². The third-order valence-electron chi connectivity index (χ3n) is 4.41. The van der Waals surface area contributed by atoms with Crippen molar-refractivity contribution >= 4 is 52.5 Å². The number of carbonyl (C=O) groups is 1. The first kappa shape index (κ1) is 24.5. The summed E-state index contributed by atoms with van der Waals surface area (Å²) in [7, 11) is 0. The van der Waals surface area contributed by atoms with Gasteiger partial charge in [0.15, 0.2) is 11.5 Å². The molecule has 168 valence electrons. The summed E-state index contributed by atoms with van der Waals surface area (Å²) in [5, 5.41) is 13.5. The van der Waals surface area contributed by atoms with Crippen molar-refractivity contribution in [2.24, 2.45) is 0 Å². The van der Waals surface area contributed by atoms with E-state index in [1.165, 1.54) is 6.08 Å². The predicted octanol–water partition coefficient (Wildman–Crippen LogP) is 7.17. The molecule has 0 spiro atoms. The highest BCUT2D eigenvalue weighted by Gasteiger charge is 2.13. The normalized spacial score (nSPS) is 10.9. The van der Waals surface area contributed by atoms with Gasteiger partial charge >= 0.3 is 0 Å². The van der Waals surface area contributed by atoms with Gasteiger partial charge in [0.25, 0.3) is 5.91 Å². The van der Waals surface area contributed by atoms with Crippen LogP contribution in [-0.4, -0.2) is 12.5 Å². The Balaban J connectivity index is 1.80. The highest BCUT2D eigenvalue weighted by atomic mass is 35.5. The topological polar surface area (TPSA) is 71.3 Å². The Morgan fingerprint density at radius 2 is 1.73 bits per heavy atom. The molecule has 1 N–H and O–H groups in total. The van der Waals surface area contributed by atoms with Gasteiger partial charge in [-0.2, -0.15) is 5.26 Å². The number of nitrogens with one attached hydrogen (secondary N) is 1. The van der Waals surface area contributed by atoms with Crippen molar-refractivity contribution in [1.82, 2.24) is 0 Å². The third-order valence-corrected chi connectivity index (χ3v) is 5.21. The Hall–Kier alpha value is -3.17. The van der Waals surface area contributed by atoms with Crippen molar-refractivity contribution in [1.29, 1.82) is 5.26 Å². The maximum absolute atomic E-state index is 12.6. The van der Waals surface area contributed by atoms with Crippen LogP contribution in [0.4, 0.5) is 5.69 Å². The van der Waals surface area contributed by atoms with E-state index in [9.17, 15) is 10.1 Å². The first-order valence-corrected chi connectivity index (χ1v) is 11.0. The van der Waals surface area contributed by atoms with Gasteiger partial charge in [0.05, 0.1) is 6.61 Å². The summed E-state index contributed by atoms with van der Waals surface area (Å²) in [4.78, 5) is 12.6. The molecule has 3 aromatic rings. The molecule has 0 unspecified atom stereocenters. The molecule has 0 saturated heterocycles. The molecule has 0 saturated carbocycles. The predicted molar refractivity (Wildman–Crippen MR) is 132 cm³/mol. The van der Waals surface area contributed by atoms with E-state index in [0.717, 1.165) is 5.56 Å². The standard InChI is InChI=1S/C25H19Cl3N2O3/c1-2-32-24-10-16(7-8-23(24)33-15-17-5-3-4-6-22(17)28)9-18(14-29)25(31)30-21-12-19(26)11-20(27)13-21/h3-13H,2,15H2,1H3,(H,30,31)/b18-9-. The third kappa shape index (κ3) is 6.90. The Kier molecular flexibility index (Phi) is 8.62. The van der Waals surface area contributed by atoms with Gasteiger partial charge in [-0.15, -0.1) is 0 Å². The van der Waals surface area contributed by atoms with E-state index in [0.29, 0.717) is 44.4 Å². The summed E-state index contributed by atoms with van der Waals surface area (Å²) in [6, 6.07) is 19.1. The lowest BCUT2D eigenvalue weighted by Gasteiger charge is -2.13. The smallest absolute Gasteiger partial charge is 0.266 e. The highest BCUT2D eigenvalue weighted by molar-refractivity contribution is 6.35. The Morgan fingerprint density at radius 1 is 1.00 bits per heavy atom. The Morgan fingerprint density at radius 3 is 2.39 bits per heavy atom. The molecule has 1 amide bonds. The summed E-state index contributed by atoms with van der Waals surface area (Å²) < 4.78 is 11.6. The molecule has 0 bridgehead atoms. The number of carbonyl (C=O) groups excluding carboxylic acids is 1. The molecule has 0 aliphatic rings. The minimum absolute atomic E-state index is 0.0988. The van der Waals surface area contributed by atoms with Gasteiger partial charge in [-0.25, -0.2) is 0 Å². The minimum atomic E-state index is -0.590. The van der Waals surface area contributed by atoms with Crippen molar-refractivity contribution in [3.8, 4) is 17.6 Å². The van der Waals surface area contributed by atoms with Gasteiger partial charge in [-0.1, -0.05) is 59.1 Å². The van der Waals surface area contributed by atoms with E-state index in [-0.39, 0.29) is 12.2 Å². The number of halogens is 3. The zero-order valence-corrected chi connectivity index (χ0v) is 19.8. The summed E-state index contributed by atoms with van der Waals surface area (Å²) in [6.45, 7) is 2.53. The second-order valence-corrected chi connectivity index (χ2v) is 8.08. The molecule has 0 radical (unpaired) electrons. The molecule has 0 fully saturated rings. The van der Waals surface area contributed by atoms with Crippen molar-refractivity contribution in [3.05, 3.63) is 92.4 Å². The zero-order valence-electron chi connectivity index (χ0n) is 17.6. The average Bonchev–Trinajstić information content (AvgIpc) is 2.77. The van der Waals surface area contributed by atoms with Crippen molar-refractivity contribution in [3.63, 3.8) is 0 Å². The van der Waals surface area contributed by atoms with Crippen molar-refractivity contribution < 1.29 is 14.3 Å². The Labute approximate surface area is 207 Å². The summed E-state index contributed by atoms with van der Waals surface area (Å²) in [6.07, 6.45) is 1.46. The second kappa shape index (κ2) is 11.6. The van der Waals surface area contributed by atoms with Crippen LogP contribution in [0.2, 0.25) is 15.1 Å². The SMILES string of the molecule is CCOc1cc(/C=C(/C#N)C(=O)Nc2cc(Cl)cc(Cl)c2)ccc1OCc1ccccc1Cl. The number of amides is 1. The molecule has 33 heavy (non-hydrogen) atoms. The number of ether oxygens (including phenoxy) is 2. The molecular formula is C25H19Cl3N2O3. The fraction of sp³-hybridized carbons (Fsp3) is 0.120. The number of hydrogen-bond donors (Lipinski definition) is 1. The van der Waals surface area contributed by atoms with E-state index in [1.807, 2.05) is 31.2 Å². The van der Waals surface area contributed by atoms with Crippen LogP contribution >= 0.6 is 34.8 Å². The molecule has 3 rings (SSSR count). The molecule has 0 heterocycles. The van der Waals surface area contributed by atoms with Gasteiger partial charge in [0.1, 0.15) is 18.2 Å². The molecule has 5 nitrogen and oxygen atoms in total. The second-order valence-electron chi connectivity index (χ2n) is 6.80. The number of nitrogens with zero attached hydrogens (tertiary/aromatic N) is 1. The fourth-order valence-corrected chi connectivity index (χ4v) is 3.63. The van der Waals surface area contributed by atoms with Crippen LogP contribution in [0.1, 0.15) is 18.1 Å². The maximum atomic E-state index is 12.6. The van der Waals surface area contributed by atoms with Crippen molar-refractivity contribution in [2.45, 2.75) is 13.5 Å². The number of rotatable bonds is 8. The van der Waals surface area contributed by atoms with Crippen LogP contribution < -0.4 is 14.8 Å². The summed E-state index contributed by atoms with van der Waals surface area (Å²) in [5.41, 5.74) is 1.73. The zero-order chi connectivity index (χ0) is 23.8. The largest absolute Gasteiger partial charge is 0.490 e. The maximum Gasteiger partial charge on any atom is 0.266 e. The first-order chi connectivity index (χ1) is 15.9. The van der Waals surface area contributed by atoms with Crippen LogP contribution in [0.15, 0.2) is 66.2 Å². The lowest BCUT2D eigenvalue weighted by molar-refractivity contribution is -0.112. The minimum Gasteiger partial charge on any atom is -0.490 e. The van der Waals surface area contributed by atoms with Gasteiger partial charge in [-0.3, -0.25) is 4.79 Å². The molecule has 0 aliphatic carbocycles. The van der Waals surface area contributed by atoms with Gasteiger partial charge in [0, 0.05) is 26.3 Å². The molecule has 0 aromatic heterocycles. The number of nitriles is 1. The fourth-order valence-electron chi connectivity index (χ4n) is 2.91. The number of anilines is 1. The van der Waals surface area contributed by atoms with Gasteiger partial charge < -0.3 is 14.8 Å². The summed E-state index contributed by atoms with van der Waals surface area (Å²) in [5.74, 6) is 0.413. The molecule has 0 aliphatic heterocycles. The quantitative estimate of drug-likeness (QED) is 0.262. The molecule has 0 atom stereocenters. The van der Waals surface area contributed by atoms with E-state index in [4.69, 9.17) is 44.3 Å². The van der Waals surface area contributed by atoms with E-state index in [1.54, 1.807) is 42.5 Å². The molecule has 3 aromatic carbocycles. The molecular weight excluding hydrogens is 483 g/mol. The number of hydrogen-bond acceptors (Lipinski definition) is 4. The van der Waals surface area contributed by atoms with E-state index >= 15 is 0 Å². The monoisotopic (exact) mass is 500 g/mol. The lowest BCUT2D eigenvalue weighted by atomic mass is 10.1. The van der Waals surface area contributed by atoms with Gasteiger partial charge in [0.2, 0.25) is 0 Å². The Bertz CT molecular complexity index is 1220. The van der Waals surface area contributed by atoms with Crippen LogP contribution in [0, 0.1) is 11.3 Å². The molecule has 8 heteroatoms. The van der Waals surface area contributed by atoms with Crippen LogP contribution in [0.5, 0.6) is 11.5 Å². The van der Waals surface area contributed by atoms with Crippen LogP contribution in [0.25, 0.3) is 6.08 Å². The lowest BCUT2D eigenvalue weighted by Crippen LogP contribution is -2.13. The summed E-state index contributed by atoms with van der Waals surface area (Å²) >= 11 is 18.1. The van der Waals surface area contributed by atoms with Crippen LogP contribution in [-0.2, 0) is 11.4 Å². The first-order valence-electron chi connectivity index (χ1n) is 9.92. The number of benzene rings is 3. The van der Waals surface area contributed by atoms with Crippen LogP contribution in [0.3, 0.4) is 0 Å².